The van der Waals surface area contributed by atoms with Crippen LogP contribution >= 0.6 is 0 Å². The lowest BCUT2D eigenvalue weighted by molar-refractivity contribution is 0.155. The maximum absolute atomic E-state index is 13.0. The van der Waals surface area contributed by atoms with Gasteiger partial charge in [0.15, 0.2) is 0 Å². The minimum absolute atomic E-state index is 0.175. The van der Waals surface area contributed by atoms with E-state index in [-0.39, 0.29) is 11.4 Å². The van der Waals surface area contributed by atoms with Crippen molar-refractivity contribution in [2.24, 2.45) is 0 Å². The molecule has 214 valence electrons. The van der Waals surface area contributed by atoms with Gasteiger partial charge in [0.1, 0.15) is 17.3 Å². The van der Waals surface area contributed by atoms with Crippen LogP contribution in [-0.4, -0.2) is 70.4 Å². The lowest BCUT2D eigenvalue weighted by atomic mass is 9.92. The molecule has 2 aromatic carbocycles. The van der Waals surface area contributed by atoms with Crippen molar-refractivity contribution in [1.82, 2.24) is 24.6 Å². The Morgan fingerprint density at radius 3 is 2.20 bits per heavy atom. The Morgan fingerprint density at radius 1 is 0.878 bits per heavy atom. The van der Waals surface area contributed by atoms with Gasteiger partial charge in [0.2, 0.25) is 0 Å². The number of anilines is 2. The number of nitrogens with one attached hydrogen (secondary N) is 2. The SMILES string of the molecule is CN1CCN(CCc2ccc(-n3nc(C(C)(C)C)cc3NC(=O)Nc3ccc(Oc4ccncc4)cc3)cc2)CC1. The number of ether oxygens (including phenoxy) is 1. The number of aromatic nitrogens is 3. The van der Waals surface area contributed by atoms with E-state index in [9.17, 15) is 4.79 Å². The van der Waals surface area contributed by atoms with E-state index in [1.807, 2.05) is 18.2 Å². The van der Waals surface area contributed by atoms with Crippen LogP contribution in [0.15, 0.2) is 79.1 Å². The van der Waals surface area contributed by atoms with Gasteiger partial charge < -0.3 is 19.9 Å². The third kappa shape index (κ3) is 7.71. The van der Waals surface area contributed by atoms with Crippen molar-refractivity contribution in [3.63, 3.8) is 0 Å². The molecule has 2 aromatic heterocycles. The first-order chi connectivity index (χ1) is 19.7. The van der Waals surface area contributed by atoms with Crippen LogP contribution in [0, 0.1) is 0 Å². The van der Waals surface area contributed by atoms with Crippen molar-refractivity contribution < 1.29 is 9.53 Å². The summed E-state index contributed by atoms with van der Waals surface area (Å²) in [6.07, 6.45) is 4.36. The van der Waals surface area contributed by atoms with Gasteiger partial charge in [-0.25, -0.2) is 9.48 Å². The van der Waals surface area contributed by atoms with Crippen LogP contribution in [0.1, 0.15) is 32.0 Å². The maximum atomic E-state index is 13.0. The normalized spacial score (nSPS) is 14.5. The number of hydrogen-bond donors (Lipinski definition) is 2. The highest BCUT2D eigenvalue weighted by molar-refractivity contribution is 5.99. The number of hydrogen-bond acceptors (Lipinski definition) is 6. The molecule has 0 unspecified atom stereocenters. The summed E-state index contributed by atoms with van der Waals surface area (Å²) in [6, 6.07) is 20.8. The first-order valence-electron chi connectivity index (χ1n) is 14.1. The molecule has 1 aliphatic heterocycles. The molecule has 0 bridgehead atoms. The zero-order chi connectivity index (χ0) is 28.8. The van der Waals surface area contributed by atoms with Crippen LogP contribution in [0.2, 0.25) is 0 Å². The van der Waals surface area contributed by atoms with Crippen LogP contribution in [0.4, 0.5) is 16.3 Å². The largest absolute Gasteiger partial charge is 0.457 e. The molecule has 1 saturated heterocycles. The molecule has 1 aliphatic rings. The molecule has 2 amide bonds. The van der Waals surface area contributed by atoms with Crippen molar-refractivity contribution in [3.05, 3.63) is 90.4 Å². The molecule has 0 atom stereocenters. The third-order valence-corrected chi connectivity index (χ3v) is 7.21. The van der Waals surface area contributed by atoms with Crippen LogP contribution in [-0.2, 0) is 11.8 Å². The van der Waals surface area contributed by atoms with E-state index in [2.05, 4.69) is 77.5 Å². The highest BCUT2D eigenvalue weighted by Gasteiger charge is 2.22. The number of nitrogens with zero attached hydrogens (tertiary/aromatic N) is 5. The Balaban J connectivity index is 1.24. The van der Waals surface area contributed by atoms with Gasteiger partial charge in [0.05, 0.1) is 11.4 Å². The van der Waals surface area contributed by atoms with Crippen LogP contribution < -0.4 is 15.4 Å². The topological polar surface area (TPSA) is 87.5 Å². The van der Waals surface area contributed by atoms with E-state index in [0.717, 1.165) is 50.5 Å². The summed E-state index contributed by atoms with van der Waals surface area (Å²) in [5.74, 6) is 1.97. The molecule has 9 nitrogen and oxygen atoms in total. The molecule has 9 heteroatoms. The van der Waals surface area contributed by atoms with Gasteiger partial charge in [0, 0.05) is 62.3 Å². The number of urea groups is 1. The fourth-order valence-electron chi connectivity index (χ4n) is 4.62. The second kappa shape index (κ2) is 12.5. The summed E-state index contributed by atoms with van der Waals surface area (Å²) in [5.41, 5.74) is 3.56. The van der Waals surface area contributed by atoms with Gasteiger partial charge >= 0.3 is 6.03 Å². The highest BCUT2D eigenvalue weighted by atomic mass is 16.5. The van der Waals surface area contributed by atoms with Gasteiger partial charge in [-0.1, -0.05) is 32.9 Å². The predicted octanol–water partition coefficient (Wildman–Crippen LogP) is 5.79. The Bertz CT molecular complexity index is 1420. The van der Waals surface area contributed by atoms with Crippen molar-refractivity contribution >= 4 is 17.5 Å². The Kier molecular flexibility index (Phi) is 8.66. The summed E-state index contributed by atoms with van der Waals surface area (Å²) in [6.45, 7) is 11.9. The summed E-state index contributed by atoms with van der Waals surface area (Å²) < 4.78 is 7.61. The van der Waals surface area contributed by atoms with Gasteiger partial charge in [0.25, 0.3) is 0 Å². The van der Waals surface area contributed by atoms with Gasteiger partial charge in [-0.15, -0.1) is 0 Å². The molecule has 0 radical (unpaired) electrons. The van der Waals surface area contributed by atoms with E-state index in [4.69, 9.17) is 9.84 Å². The molecule has 41 heavy (non-hydrogen) atoms. The Morgan fingerprint density at radius 2 is 1.54 bits per heavy atom. The van der Waals surface area contributed by atoms with Crippen molar-refractivity contribution in [1.29, 1.82) is 0 Å². The minimum atomic E-state index is -0.349. The van der Waals surface area contributed by atoms with Crippen molar-refractivity contribution in [2.45, 2.75) is 32.6 Å². The van der Waals surface area contributed by atoms with Crippen LogP contribution in [0.5, 0.6) is 11.5 Å². The van der Waals surface area contributed by atoms with Crippen molar-refractivity contribution in [2.75, 3.05) is 50.4 Å². The maximum Gasteiger partial charge on any atom is 0.324 e. The summed E-state index contributed by atoms with van der Waals surface area (Å²) in [4.78, 5) is 21.9. The Labute approximate surface area is 242 Å². The summed E-state index contributed by atoms with van der Waals surface area (Å²) >= 11 is 0. The molecular formula is C32H39N7O2. The Hall–Kier alpha value is -4.21. The number of likely N-dealkylation sites (N-methyl/N-ethyl adjacent to an activating group) is 1. The molecule has 0 aliphatic carbocycles. The van der Waals surface area contributed by atoms with E-state index >= 15 is 0 Å². The van der Waals surface area contributed by atoms with E-state index in [1.54, 1.807) is 41.3 Å². The molecule has 3 heterocycles. The first-order valence-corrected chi connectivity index (χ1v) is 14.1. The van der Waals surface area contributed by atoms with Crippen molar-refractivity contribution in [3.8, 4) is 17.2 Å². The van der Waals surface area contributed by atoms with E-state index in [1.165, 1.54) is 5.56 Å². The van der Waals surface area contributed by atoms with Gasteiger partial charge in [-0.2, -0.15) is 5.10 Å². The number of piperazine rings is 1. The standard InChI is InChI=1S/C32H39N7O2/c1-32(2,3)29-23-30(35-31(40)34-25-7-11-27(12-8-25)41-28-13-16-33-17-14-28)39(36-29)26-9-5-24(6-10-26)15-18-38-21-19-37(4)20-22-38/h5-14,16-17,23H,15,18-22H2,1-4H3,(H2,34,35,40). The van der Waals surface area contributed by atoms with Gasteiger partial charge in [-0.3, -0.25) is 10.3 Å². The summed E-state index contributed by atoms with van der Waals surface area (Å²) in [5, 5.41) is 10.8. The number of rotatable bonds is 8. The monoisotopic (exact) mass is 553 g/mol. The molecule has 0 saturated carbocycles. The quantitative estimate of drug-likeness (QED) is 0.287. The molecular weight excluding hydrogens is 514 g/mol. The molecule has 0 spiro atoms. The zero-order valence-electron chi connectivity index (χ0n) is 24.3. The summed E-state index contributed by atoms with van der Waals surface area (Å²) in [7, 11) is 2.18. The van der Waals surface area contributed by atoms with Crippen LogP contribution in [0.3, 0.4) is 0 Å². The smallest absolute Gasteiger partial charge is 0.324 e. The fraction of sp³-hybridized carbons (Fsp3) is 0.344. The minimum Gasteiger partial charge on any atom is -0.457 e. The third-order valence-electron chi connectivity index (χ3n) is 7.21. The average Bonchev–Trinajstić information content (AvgIpc) is 3.39. The molecule has 2 N–H and O–H groups in total. The first kappa shape index (κ1) is 28.3. The molecule has 1 fully saturated rings. The van der Waals surface area contributed by atoms with E-state index in [0.29, 0.717) is 23.0 Å². The number of carbonyl (C=O) groups is 1. The highest BCUT2D eigenvalue weighted by Crippen LogP contribution is 2.27. The lowest BCUT2D eigenvalue weighted by Gasteiger charge is -2.32. The second-order valence-corrected chi connectivity index (χ2v) is 11.5. The number of pyridine rings is 1. The predicted molar refractivity (Wildman–Crippen MR) is 163 cm³/mol. The number of benzene rings is 2. The molecule has 5 rings (SSSR count). The lowest BCUT2D eigenvalue weighted by Crippen LogP contribution is -2.45. The number of amides is 2. The average molecular weight is 554 g/mol. The van der Waals surface area contributed by atoms with Gasteiger partial charge in [-0.05, 0) is 67.6 Å². The fourth-order valence-corrected chi connectivity index (χ4v) is 4.62. The number of carbonyl (C=O) groups excluding carboxylic acids is 1. The zero-order valence-corrected chi connectivity index (χ0v) is 24.3. The second-order valence-electron chi connectivity index (χ2n) is 11.5. The van der Waals surface area contributed by atoms with E-state index < -0.39 is 0 Å². The van der Waals surface area contributed by atoms with Crippen LogP contribution in [0.25, 0.3) is 5.69 Å². The molecule has 4 aromatic rings.